The third-order valence-corrected chi connectivity index (χ3v) is 10.4. The van der Waals surface area contributed by atoms with Gasteiger partial charge in [0.2, 0.25) is 0 Å². The molecule has 0 aliphatic heterocycles. The molecule has 53 heavy (non-hydrogen) atoms. The summed E-state index contributed by atoms with van der Waals surface area (Å²) in [4.78, 5) is 25.0. The molecule has 0 amide bonds. The van der Waals surface area contributed by atoms with Gasteiger partial charge in [-0.15, -0.1) is 0 Å². The summed E-state index contributed by atoms with van der Waals surface area (Å²) in [5, 5.41) is 0. The van der Waals surface area contributed by atoms with E-state index in [-0.39, 0.29) is 5.41 Å². The van der Waals surface area contributed by atoms with Crippen LogP contribution in [0.4, 0.5) is 0 Å². The summed E-state index contributed by atoms with van der Waals surface area (Å²) in [6.07, 6.45) is 20.4. The lowest BCUT2D eigenvalue weighted by molar-refractivity contribution is -0.196. The second-order valence-corrected chi connectivity index (χ2v) is 14.1. The molecular weight excluding hydrogens is 661 g/mol. The molecule has 0 fully saturated rings. The fraction of sp³-hybridized carbons (Fsp3) is 0.383. The monoisotopic (exact) mass is 714 g/mol. The zero-order chi connectivity index (χ0) is 36.7. The van der Waals surface area contributed by atoms with E-state index in [0.29, 0.717) is 12.4 Å². The van der Waals surface area contributed by atoms with Crippen LogP contribution in [-0.4, -0.2) is 25.8 Å². The van der Waals surface area contributed by atoms with Gasteiger partial charge in [-0.3, -0.25) is 0 Å². The first-order valence-electron chi connectivity index (χ1n) is 19.7. The Kier molecular flexibility index (Phi) is 13.8. The molecule has 6 rings (SSSR count). The van der Waals surface area contributed by atoms with Crippen LogP contribution in [0.1, 0.15) is 111 Å². The summed E-state index contributed by atoms with van der Waals surface area (Å²) in [6, 6.07) is 28.2. The third kappa shape index (κ3) is 10.00. The molecule has 0 saturated carbocycles. The van der Waals surface area contributed by atoms with Gasteiger partial charge >= 0.3 is 5.97 Å². The molecule has 4 aromatic carbocycles. The topological polar surface area (TPSA) is 63.2 Å². The number of carbonyl (C=O) groups is 1. The van der Waals surface area contributed by atoms with E-state index in [1.54, 1.807) is 6.08 Å². The molecule has 0 heterocycles. The highest BCUT2D eigenvalue weighted by molar-refractivity contribution is 5.89. The van der Waals surface area contributed by atoms with E-state index in [0.717, 1.165) is 91.2 Å². The van der Waals surface area contributed by atoms with Crippen molar-refractivity contribution in [2.75, 3.05) is 19.8 Å². The van der Waals surface area contributed by atoms with Crippen molar-refractivity contribution in [3.05, 3.63) is 130 Å². The van der Waals surface area contributed by atoms with Gasteiger partial charge in [-0.25, -0.2) is 4.79 Å². The van der Waals surface area contributed by atoms with Gasteiger partial charge in [0.25, 0.3) is 0 Å². The van der Waals surface area contributed by atoms with Crippen LogP contribution in [-0.2, 0) is 27.9 Å². The minimum atomic E-state index is -0.404. The summed E-state index contributed by atoms with van der Waals surface area (Å²) in [6.45, 7) is 6.20. The Labute approximate surface area is 315 Å². The van der Waals surface area contributed by atoms with Crippen LogP contribution >= 0.6 is 0 Å². The van der Waals surface area contributed by atoms with Crippen molar-refractivity contribution in [1.82, 2.24) is 0 Å². The molecule has 0 saturated heterocycles. The zero-order valence-electron chi connectivity index (χ0n) is 31.4. The zero-order valence-corrected chi connectivity index (χ0v) is 31.4. The minimum Gasteiger partial charge on any atom is -0.494 e. The fourth-order valence-corrected chi connectivity index (χ4v) is 7.67. The maximum atomic E-state index is 13.2. The minimum absolute atomic E-state index is 0.299. The van der Waals surface area contributed by atoms with E-state index in [1.165, 1.54) is 55.7 Å². The van der Waals surface area contributed by atoms with Crippen LogP contribution in [0.25, 0.3) is 12.2 Å². The highest BCUT2D eigenvalue weighted by Gasteiger charge is 2.48. The molecule has 0 N–H and O–H groups in total. The number of hydrogen-bond donors (Lipinski definition) is 0. The van der Waals surface area contributed by atoms with E-state index in [1.807, 2.05) is 84.9 Å². The van der Waals surface area contributed by atoms with E-state index in [2.05, 4.69) is 26.0 Å². The van der Waals surface area contributed by atoms with Gasteiger partial charge in [0, 0.05) is 22.6 Å². The molecule has 2 aliphatic rings. The van der Waals surface area contributed by atoms with Gasteiger partial charge in [-0.2, -0.15) is 4.89 Å². The van der Waals surface area contributed by atoms with Gasteiger partial charge in [-0.1, -0.05) is 113 Å². The van der Waals surface area contributed by atoms with Crippen LogP contribution in [0.5, 0.6) is 23.0 Å². The molecule has 278 valence electrons. The SMILES string of the molecule is CCCCCCOc1ccc(/C=C/COOc2cccc3c2C2(CC3)CCc3cccc(OC(=O)/C=C/c4ccc(OCCCCCC)cc4)c32)cc1. The third-order valence-electron chi connectivity index (χ3n) is 10.4. The number of unbranched alkanes of at least 4 members (excludes halogenated alkanes) is 6. The molecule has 2 aliphatic carbocycles. The number of rotatable bonds is 20. The molecule has 0 aromatic heterocycles. The highest BCUT2D eigenvalue weighted by atomic mass is 17.2. The second-order valence-electron chi connectivity index (χ2n) is 14.1. The van der Waals surface area contributed by atoms with Gasteiger partial charge in [0.15, 0.2) is 5.75 Å². The molecule has 1 unspecified atom stereocenters. The first-order valence-corrected chi connectivity index (χ1v) is 19.7. The van der Waals surface area contributed by atoms with Crippen LogP contribution in [0.15, 0.2) is 97.1 Å². The maximum absolute atomic E-state index is 13.2. The Morgan fingerprint density at radius 2 is 1.19 bits per heavy atom. The predicted octanol–water partition coefficient (Wildman–Crippen LogP) is 11.4. The van der Waals surface area contributed by atoms with Gasteiger partial charge in [-0.05, 0) is 103 Å². The summed E-state index contributed by atoms with van der Waals surface area (Å²) < 4.78 is 17.8. The van der Waals surface area contributed by atoms with E-state index in [4.69, 9.17) is 24.0 Å². The second kappa shape index (κ2) is 19.3. The summed E-state index contributed by atoms with van der Waals surface area (Å²) in [7, 11) is 0. The Bertz CT molecular complexity index is 1820. The normalized spacial score (nSPS) is 16.0. The van der Waals surface area contributed by atoms with Crippen molar-refractivity contribution in [2.45, 2.75) is 96.3 Å². The molecule has 0 radical (unpaired) electrons. The van der Waals surface area contributed by atoms with Crippen LogP contribution in [0.2, 0.25) is 0 Å². The average Bonchev–Trinajstić information content (AvgIpc) is 3.76. The number of benzene rings is 4. The smallest absolute Gasteiger partial charge is 0.336 e. The lowest BCUT2D eigenvalue weighted by Gasteiger charge is -2.29. The number of fused-ring (bicyclic) bond motifs is 4. The van der Waals surface area contributed by atoms with Crippen molar-refractivity contribution in [3.63, 3.8) is 0 Å². The van der Waals surface area contributed by atoms with E-state index < -0.39 is 5.97 Å². The Morgan fingerprint density at radius 3 is 1.77 bits per heavy atom. The number of carbonyl (C=O) groups excluding carboxylic acids is 1. The predicted molar refractivity (Wildman–Crippen MR) is 213 cm³/mol. The number of ether oxygens (including phenoxy) is 3. The number of aryl methyl sites for hydroxylation is 2. The maximum Gasteiger partial charge on any atom is 0.336 e. The summed E-state index contributed by atoms with van der Waals surface area (Å²) in [5.74, 6) is 2.66. The Balaban J connectivity index is 1.06. The van der Waals surface area contributed by atoms with Crippen LogP contribution in [0.3, 0.4) is 0 Å². The van der Waals surface area contributed by atoms with Crippen molar-refractivity contribution in [3.8, 4) is 23.0 Å². The molecule has 1 atom stereocenters. The molecule has 6 nitrogen and oxygen atoms in total. The van der Waals surface area contributed by atoms with Crippen molar-refractivity contribution in [2.24, 2.45) is 0 Å². The fourth-order valence-electron chi connectivity index (χ4n) is 7.67. The lowest BCUT2D eigenvalue weighted by atomic mass is 9.76. The number of esters is 1. The van der Waals surface area contributed by atoms with Crippen molar-refractivity contribution >= 4 is 18.1 Å². The van der Waals surface area contributed by atoms with E-state index in [9.17, 15) is 4.79 Å². The first-order chi connectivity index (χ1) is 26.1. The lowest BCUT2D eigenvalue weighted by Crippen LogP contribution is -2.24. The molecule has 4 aromatic rings. The number of hydrogen-bond acceptors (Lipinski definition) is 6. The molecular formula is C47H54O6. The molecule has 6 heteroatoms. The van der Waals surface area contributed by atoms with Gasteiger partial charge < -0.3 is 19.1 Å². The average molecular weight is 715 g/mol. The van der Waals surface area contributed by atoms with Gasteiger partial charge in [0.1, 0.15) is 23.9 Å². The summed E-state index contributed by atoms with van der Waals surface area (Å²) in [5.41, 5.74) is 6.35. The van der Waals surface area contributed by atoms with E-state index >= 15 is 0 Å². The van der Waals surface area contributed by atoms with Crippen molar-refractivity contribution in [1.29, 1.82) is 0 Å². The Morgan fingerprint density at radius 1 is 0.642 bits per heavy atom. The molecule has 1 spiro atoms. The van der Waals surface area contributed by atoms with Crippen molar-refractivity contribution < 1.29 is 28.8 Å². The largest absolute Gasteiger partial charge is 0.494 e. The van der Waals surface area contributed by atoms with Crippen LogP contribution < -0.4 is 19.1 Å². The van der Waals surface area contributed by atoms with Gasteiger partial charge in [0.05, 0.1) is 13.2 Å². The van der Waals surface area contributed by atoms with Crippen LogP contribution in [0, 0.1) is 0 Å². The standard InChI is InChI=1S/C47H54O6/c1-3-5-7-9-33-49-40-24-19-36(20-25-40)14-13-35-51-53-43-18-12-16-39-30-32-47(46(39)43)31-29-38-15-11-17-42(45(38)47)52-44(48)28-23-37-21-26-41(27-22-37)50-34-10-8-6-4-2/h11-28H,3-10,29-35H2,1-2H3/b14-13+,28-23+. The first kappa shape index (κ1) is 37.9. The Hall–Kier alpha value is -4.81. The molecule has 0 bridgehead atoms. The quantitative estimate of drug-likeness (QED) is 0.0227. The highest BCUT2D eigenvalue weighted by Crippen LogP contribution is 2.57. The summed E-state index contributed by atoms with van der Waals surface area (Å²) >= 11 is 0.